The molecule has 0 bridgehead atoms. The molecule has 0 spiro atoms. The van der Waals surface area contributed by atoms with E-state index < -0.39 is 0 Å². The summed E-state index contributed by atoms with van der Waals surface area (Å²) in [6.07, 6.45) is 15.3. The van der Waals surface area contributed by atoms with Gasteiger partial charge in [-0.15, -0.1) is 0 Å². The zero-order valence-electron chi connectivity index (χ0n) is 18.5. The molecule has 0 aromatic carbocycles. The van der Waals surface area contributed by atoms with Gasteiger partial charge in [0.15, 0.2) is 0 Å². The number of rotatable bonds is 3. The first kappa shape index (κ1) is 20.3. The first-order chi connectivity index (χ1) is 15.5. The van der Waals surface area contributed by atoms with Gasteiger partial charge < -0.3 is 14.5 Å². The van der Waals surface area contributed by atoms with Crippen LogP contribution in [0.2, 0.25) is 0 Å². The maximum Gasteiger partial charge on any atom is 0.255 e. The SMILES string of the molecule is COc1nc(C)cn2nc(C3=C\C(=O)N4C=C(N5CCN(C)CC5)C=C\C4=C/C=C/3)cc12. The summed E-state index contributed by atoms with van der Waals surface area (Å²) in [5.41, 5.74) is 4.88. The van der Waals surface area contributed by atoms with E-state index in [1.807, 2.05) is 49.7 Å². The molecule has 3 aliphatic heterocycles. The van der Waals surface area contributed by atoms with Crippen molar-refractivity contribution < 1.29 is 9.53 Å². The number of allylic oxidation sites excluding steroid dienone is 6. The van der Waals surface area contributed by atoms with E-state index in [-0.39, 0.29) is 5.91 Å². The topological polar surface area (TPSA) is 66.2 Å². The van der Waals surface area contributed by atoms with E-state index >= 15 is 0 Å². The average Bonchev–Trinajstić information content (AvgIpc) is 3.21. The Morgan fingerprint density at radius 2 is 1.84 bits per heavy atom. The lowest BCUT2D eigenvalue weighted by atomic mass is 10.1. The van der Waals surface area contributed by atoms with Gasteiger partial charge in [-0.2, -0.15) is 5.10 Å². The third-order valence-corrected chi connectivity index (χ3v) is 5.92. The first-order valence-corrected chi connectivity index (χ1v) is 10.7. The molecule has 0 aliphatic carbocycles. The number of likely N-dealkylation sites (N-methyl/N-ethyl adjacent to an activating group) is 1. The van der Waals surface area contributed by atoms with E-state index in [9.17, 15) is 4.79 Å². The van der Waals surface area contributed by atoms with Crippen molar-refractivity contribution in [3.63, 3.8) is 0 Å². The molecule has 3 aliphatic rings. The van der Waals surface area contributed by atoms with Crippen LogP contribution in [0.5, 0.6) is 5.88 Å². The molecular weight excluding hydrogens is 404 g/mol. The molecule has 5 heterocycles. The number of hydrogen-bond acceptors (Lipinski definition) is 6. The van der Waals surface area contributed by atoms with Crippen molar-refractivity contribution in [1.29, 1.82) is 0 Å². The molecular formula is C24H26N6O2. The summed E-state index contributed by atoms with van der Waals surface area (Å²) in [4.78, 5) is 24.0. The van der Waals surface area contributed by atoms with Crippen molar-refractivity contribution in [2.45, 2.75) is 6.92 Å². The van der Waals surface area contributed by atoms with Crippen molar-refractivity contribution in [2.75, 3.05) is 40.3 Å². The van der Waals surface area contributed by atoms with Crippen LogP contribution in [-0.2, 0) is 4.79 Å². The van der Waals surface area contributed by atoms with E-state index in [0.29, 0.717) is 11.6 Å². The van der Waals surface area contributed by atoms with Gasteiger partial charge in [-0.25, -0.2) is 9.50 Å². The minimum Gasteiger partial charge on any atom is -0.479 e. The molecule has 1 amide bonds. The Labute approximate surface area is 187 Å². The smallest absolute Gasteiger partial charge is 0.255 e. The molecule has 2 aromatic heterocycles. The summed E-state index contributed by atoms with van der Waals surface area (Å²) in [5, 5.41) is 4.66. The zero-order chi connectivity index (χ0) is 22.2. The molecule has 8 heteroatoms. The Morgan fingerprint density at radius 1 is 1.06 bits per heavy atom. The lowest BCUT2D eigenvalue weighted by Crippen LogP contribution is -2.44. The second-order valence-corrected chi connectivity index (χ2v) is 8.19. The summed E-state index contributed by atoms with van der Waals surface area (Å²) in [5.74, 6) is 0.401. The number of ether oxygens (including phenoxy) is 1. The number of amides is 1. The van der Waals surface area contributed by atoms with Crippen molar-refractivity contribution in [3.8, 4) is 5.88 Å². The number of aromatic nitrogens is 3. The van der Waals surface area contributed by atoms with Crippen LogP contribution >= 0.6 is 0 Å². The highest BCUT2D eigenvalue weighted by molar-refractivity contribution is 5.99. The fourth-order valence-corrected chi connectivity index (χ4v) is 4.11. The van der Waals surface area contributed by atoms with Gasteiger partial charge in [0.2, 0.25) is 5.88 Å². The number of methoxy groups -OCH3 is 1. The van der Waals surface area contributed by atoms with Gasteiger partial charge in [-0.1, -0.05) is 12.2 Å². The summed E-state index contributed by atoms with van der Waals surface area (Å²) < 4.78 is 7.15. The normalized spacial score (nSPS) is 23.6. The number of carbonyl (C=O) groups excluding carboxylic acids is 1. The van der Waals surface area contributed by atoms with Crippen molar-refractivity contribution in [3.05, 3.63) is 77.7 Å². The highest BCUT2D eigenvalue weighted by Crippen LogP contribution is 2.27. The van der Waals surface area contributed by atoms with Crippen LogP contribution in [-0.4, -0.2) is 75.5 Å². The lowest BCUT2D eigenvalue weighted by molar-refractivity contribution is -0.122. The molecule has 0 N–H and O–H groups in total. The van der Waals surface area contributed by atoms with Crippen LogP contribution < -0.4 is 4.74 Å². The molecule has 2 aromatic rings. The van der Waals surface area contributed by atoms with Crippen molar-refractivity contribution in [2.24, 2.45) is 0 Å². The Hall–Kier alpha value is -3.65. The third kappa shape index (κ3) is 3.73. The van der Waals surface area contributed by atoms with E-state index in [1.54, 1.807) is 22.6 Å². The number of aryl methyl sites for hydroxylation is 1. The predicted molar refractivity (Wildman–Crippen MR) is 123 cm³/mol. The van der Waals surface area contributed by atoms with Crippen LogP contribution in [0, 0.1) is 6.92 Å². The van der Waals surface area contributed by atoms with E-state index in [2.05, 4.69) is 33.0 Å². The Balaban J connectivity index is 1.48. The van der Waals surface area contributed by atoms with Gasteiger partial charge in [0.25, 0.3) is 5.91 Å². The maximum absolute atomic E-state index is 13.3. The molecule has 5 rings (SSSR count). The minimum absolute atomic E-state index is 0.107. The quantitative estimate of drug-likeness (QED) is 0.745. The van der Waals surface area contributed by atoms with Crippen LogP contribution in [0.15, 0.2) is 66.3 Å². The number of fused-ring (bicyclic) bond motifs is 2. The van der Waals surface area contributed by atoms with Gasteiger partial charge in [-0.05, 0) is 38.3 Å². The fraction of sp³-hybridized carbons (Fsp3) is 0.292. The molecule has 1 saturated heterocycles. The number of hydrogen-bond donors (Lipinski definition) is 0. The van der Waals surface area contributed by atoms with Crippen LogP contribution in [0.25, 0.3) is 11.1 Å². The lowest BCUT2D eigenvalue weighted by Gasteiger charge is -2.36. The van der Waals surface area contributed by atoms with Crippen molar-refractivity contribution in [1.82, 2.24) is 29.3 Å². The van der Waals surface area contributed by atoms with E-state index in [4.69, 9.17) is 4.74 Å². The van der Waals surface area contributed by atoms with Gasteiger partial charge in [-0.3, -0.25) is 9.69 Å². The van der Waals surface area contributed by atoms with Gasteiger partial charge in [0.05, 0.1) is 30.4 Å². The Bertz CT molecular complexity index is 1220. The molecule has 0 unspecified atom stereocenters. The molecule has 0 saturated carbocycles. The highest BCUT2D eigenvalue weighted by atomic mass is 16.5. The maximum atomic E-state index is 13.3. The third-order valence-electron chi connectivity index (χ3n) is 5.92. The molecule has 1 fully saturated rings. The van der Waals surface area contributed by atoms with Gasteiger partial charge >= 0.3 is 0 Å². The van der Waals surface area contributed by atoms with Crippen molar-refractivity contribution >= 4 is 17.0 Å². The summed E-state index contributed by atoms with van der Waals surface area (Å²) in [6, 6.07) is 1.89. The predicted octanol–water partition coefficient (Wildman–Crippen LogP) is 2.37. The number of piperazine rings is 1. The molecule has 32 heavy (non-hydrogen) atoms. The number of nitrogens with zero attached hydrogens (tertiary/aromatic N) is 6. The highest BCUT2D eigenvalue weighted by Gasteiger charge is 2.23. The Morgan fingerprint density at radius 3 is 2.62 bits per heavy atom. The van der Waals surface area contributed by atoms with E-state index in [0.717, 1.165) is 54.4 Å². The Kier molecular flexibility index (Phi) is 5.14. The fourth-order valence-electron chi connectivity index (χ4n) is 4.11. The van der Waals surface area contributed by atoms with Gasteiger partial charge in [0.1, 0.15) is 5.52 Å². The first-order valence-electron chi connectivity index (χ1n) is 10.7. The number of carbonyl (C=O) groups is 1. The van der Waals surface area contributed by atoms with Gasteiger partial charge in [0, 0.05) is 49.7 Å². The second kappa shape index (κ2) is 8.12. The van der Waals surface area contributed by atoms with Crippen LogP contribution in [0.4, 0.5) is 0 Å². The average molecular weight is 431 g/mol. The summed E-state index contributed by atoms with van der Waals surface area (Å²) in [7, 11) is 3.73. The van der Waals surface area contributed by atoms with Crippen LogP contribution in [0.3, 0.4) is 0 Å². The largest absolute Gasteiger partial charge is 0.479 e. The molecule has 164 valence electrons. The molecule has 0 radical (unpaired) electrons. The summed E-state index contributed by atoms with van der Waals surface area (Å²) in [6.45, 7) is 5.82. The minimum atomic E-state index is -0.107. The van der Waals surface area contributed by atoms with E-state index in [1.165, 1.54) is 0 Å². The molecule has 0 atom stereocenters. The zero-order valence-corrected chi connectivity index (χ0v) is 18.5. The van der Waals surface area contributed by atoms with Crippen LogP contribution in [0.1, 0.15) is 11.4 Å². The monoisotopic (exact) mass is 430 g/mol. The standard InChI is InChI=1S/C24H26N6O2/c1-17-15-30-22(24(25-17)32-3)14-21(26-30)18-5-4-6-19-7-8-20(16-29(19)23(31)13-18)28-11-9-27(2)10-12-28/h4-8,13-16H,9-12H2,1-3H3/b5-4+,18-13+,19-6+. The second-order valence-electron chi connectivity index (χ2n) is 8.19. The summed E-state index contributed by atoms with van der Waals surface area (Å²) >= 11 is 0. The molecule has 8 nitrogen and oxygen atoms in total.